The molecule has 28 heavy (non-hydrogen) atoms. The minimum absolute atomic E-state index is 0. The molecule has 0 saturated carbocycles. The molecule has 0 radical (unpaired) electrons. The summed E-state index contributed by atoms with van der Waals surface area (Å²) < 4.78 is 13.2. The number of anilines is 1. The van der Waals surface area contributed by atoms with E-state index in [0.29, 0.717) is 6.04 Å². The molecule has 2 aromatic rings. The predicted octanol–water partition coefficient (Wildman–Crippen LogP) is 4.66. The Morgan fingerprint density at radius 2 is 2.07 bits per heavy atom. The molecule has 1 aromatic carbocycles. The van der Waals surface area contributed by atoms with Gasteiger partial charge in [0.05, 0.1) is 5.00 Å². The first-order valence-electron chi connectivity index (χ1n) is 9.82. The van der Waals surface area contributed by atoms with Gasteiger partial charge in [-0.15, -0.1) is 35.3 Å². The number of piperidine rings is 1. The van der Waals surface area contributed by atoms with E-state index in [1.807, 2.05) is 17.4 Å². The molecule has 0 bridgehead atoms. The fraction of sp³-hybridized carbons (Fsp3) is 0.476. The third kappa shape index (κ3) is 7.24. The molecule has 0 unspecified atom stereocenters. The van der Waals surface area contributed by atoms with Crippen LogP contribution in [0.5, 0.6) is 0 Å². The fourth-order valence-electron chi connectivity index (χ4n) is 3.37. The Kier molecular flexibility index (Phi) is 10.0. The van der Waals surface area contributed by atoms with E-state index in [9.17, 15) is 4.39 Å². The fourth-order valence-corrected chi connectivity index (χ4v) is 4.16. The lowest BCUT2D eigenvalue weighted by atomic mass is 10.1. The lowest BCUT2D eigenvalue weighted by molar-refractivity contribution is 0.463. The summed E-state index contributed by atoms with van der Waals surface area (Å²) in [6, 6.07) is 11.6. The molecule has 154 valence electrons. The predicted molar refractivity (Wildman–Crippen MR) is 129 cm³/mol. The molecule has 1 aromatic heterocycles. The van der Waals surface area contributed by atoms with Gasteiger partial charge in [-0.3, -0.25) is 4.99 Å². The minimum Gasteiger partial charge on any atom is -0.363 e. The maximum absolute atomic E-state index is 13.2. The van der Waals surface area contributed by atoms with Crippen molar-refractivity contribution in [2.24, 2.45) is 4.99 Å². The third-order valence-corrected chi connectivity index (χ3v) is 5.71. The van der Waals surface area contributed by atoms with Crippen LogP contribution in [0, 0.1) is 5.82 Å². The molecule has 1 fully saturated rings. The van der Waals surface area contributed by atoms with Gasteiger partial charge in [-0.1, -0.05) is 12.1 Å². The third-order valence-electron chi connectivity index (χ3n) is 4.78. The van der Waals surface area contributed by atoms with Gasteiger partial charge in [0.25, 0.3) is 0 Å². The monoisotopic (exact) mass is 516 g/mol. The summed E-state index contributed by atoms with van der Waals surface area (Å²) in [7, 11) is 0. The van der Waals surface area contributed by atoms with Gasteiger partial charge < -0.3 is 15.5 Å². The normalized spacial score (nSPS) is 15.2. The molecule has 2 heterocycles. The number of aryl methyl sites for hydroxylation is 1. The summed E-state index contributed by atoms with van der Waals surface area (Å²) in [6.07, 6.45) is 3.99. The number of benzene rings is 1. The standard InChI is InChI=1S/C21H29FN4S.HI/c1-2-23-21(24-12-4-7-17-6-3-8-18(22)16-17)25-19-10-13-26(14-11-19)20-9-5-15-27-20;/h3,5-6,8-9,15-16,19H,2,4,7,10-14H2,1H3,(H2,23,24,25);1H. The largest absolute Gasteiger partial charge is 0.363 e. The number of guanidine groups is 1. The van der Waals surface area contributed by atoms with Crippen LogP contribution >= 0.6 is 35.3 Å². The van der Waals surface area contributed by atoms with E-state index in [-0.39, 0.29) is 29.8 Å². The van der Waals surface area contributed by atoms with Crippen molar-refractivity contribution in [1.82, 2.24) is 10.6 Å². The number of hydrogen-bond donors (Lipinski definition) is 2. The van der Waals surface area contributed by atoms with Crippen LogP contribution in [-0.2, 0) is 6.42 Å². The Balaban J connectivity index is 0.00000280. The van der Waals surface area contributed by atoms with Crippen LogP contribution in [0.2, 0.25) is 0 Å². The zero-order valence-electron chi connectivity index (χ0n) is 16.4. The smallest absolute Gasteiger partial charge is 0.191 e. The van der Waals surface area contributed by atoms with Crippen LogP contribution in [0.1, 0.15) is 31.7 Å². The molecule has 1 aliphatic heterocycles. The number of aliphatic imine (C=N–C) groups is 1. The molecule has 1 aliphatic rings. The second-order valence-corrected chi connectivity index (χ2v) is 7.78. The highest BCUT2D eigenvalue weighted by molar-refractivity contribution is 14.0. The molecule has 0 atom stereocenters. The van der Waals surface area contributed by atoms with E-state index in [0.717, 1.165) is 63.4 Å². The van der Waals surface area contributed by atoms with Crippen molar-refractivity contribution < 1.29 is 4.39 Å². The number of halogens is 2. The van der Waals surface area contributed by atoms with Crippen molar-refractivity contribution in [2.75, 3.05) is 31.1 Å². The first-order chi connectivity index (χ1) is 13.2. The highest BCUT2D eigenvalue weighted by Crippen LogP contribution is 2.24. The molecular weight excluding hydrogens is 486 g/mol. The van der Waals surface area contributed by atoms with E-state index in [1.54, 1.807) is 12.1 Å². The van der Waals surface area contributed by atoms with Crippen LogP contribution in [0.25, 0.3) is 0 Å². The number of rotatable bonds is 7. The van der Waals surface area contributed by atoms with Crippen molar-refractivity contribution in [2.45, 2.75) is 38.6 Å². The number of nitrogens with one attached hydrogen (secondary N) is 2. The van der Waals surface area contributed by atoms with Gasteiger partial charge in [-0.25, -0.2) is 4.39 Å². The average Bonchev–Trinajstić information content (AvgIpc) is 3.21. The zero-order chi connectivity index (χ0) is 18.9. The second kappa shape index (κ2) is 12.3. The summed E-state index contributed by atoms with van der Waals surface area (Å²) in [5.41, 5.74) is 1.03. The lowest BCUT2D eigenvalue weighted by Crippen LogP contribution is -2.48. The molecule has 1 saturated heterocycles. The summed E-state index contributed by atoms with van der Waals surface area (Å²) >= 11 is 1.81. The van der Waals surface area contributed by atoms with Gasteiger partial charge >= 0.3 is 0 Å². The van der Waals surface area contributed by atoms with E-state index >= 15 is 0 Å². The quantitative estimate of drug-likeness (QED) is 0.244. The second-order valence-electron chi connectivity index (χ2n) is 6.85. The van der Waals surface area contributed by atoms with Gasteiger partial charge in [-0.05, 0) is 67.8 Å². The summed E-state index contributed by atoms with van der Waals surface area (Å²) in [6.45, 7) is 5.83. The van der Waals surface area contributed by atoms with Crippen LogP contribution in [-0.4, -0.2) is 38.2 Å². The Bertz CT molecular complexity index is 715. The molecule has 0 spiro atoms. The van der Waals surface area contributed by atoms with Gasteiger partial charge in [-0.2, -0.15) is 0 Å². The maximum Gasteiger partial charge on any atom is 0.191 e. The average molecular weight is 516 g/mol. The minimum atomic E-state index is -0.167. The van der Waals surface area contributed by atoms with E-state index in [2.05, 4.69) is 40.0 Å². The van der Waals surface area contributed by atoms with Crippen molar-refractivity contribution in [3.63, 3.8) is 0 Å². The molecule has 3 rings (SSSR count). The molecule has 7 heteroatoms. The molecule has 0 amide bonds. The van der Waals surface area contributed by atoms with Crippen molar-refractivity contribution in [1.29, 1.82) is 0 Å². The van der Waals surface area contributed by atoms with Gasteiger partial charge in [0.15, 0.2) is 5.96 Å². The van der Waals surface area contributed by atoms with Crippen molar-refractivity contribution in [3.8, 4) is 0 Å². The van der Waals surface area contributed by atoms with Gasteiger partial charge in [0, 0.05) is 32.2 Å². The summed E-state index contributed by atoms with van der Waals surface area (Å²) in [5.74, 6) is 0.728. The van der Waals surface area contributed by atoms with Crippen LogP contribution < -0.4 is 15.5 Å². The summed E-state index contributed by atoms with van der Waals surface area (Å²) in [5, 5.41) is 10.4. The van der Waals surface area contributed by atoms with Crippen LogP contribution in [0.3, 0.4) is 0 Å². The van der Waals surface area contributed by atoms with Crippen molar-refractivity contribution in [3.05, 3.63) is 53.2 Å². The Morgan fingerprint density at radius 1 is 1.25 bits per heavy atom. The number of hydrogen-bond acceptors (Lipinski definition) is 3. The van der Waals surface area contributed by atoms with E-state index in [1.165, 1.54) is 11.1 Å². The Hall–Kier alpha value is -1.35. The SMILES string of the molecule is CCNC(=NCCCc1cccc(F)c1)NC1CCN(c2cccs2)CC1.I. The zero-order valence-corrected chi connectivity index (χ0v) is 19.5. The first-order valence-corrected chi connectivity index (χ1v) is 10.7. The topological polar surface area (TPSA) is 39.7 Å². The highest BCUT2D eigenvalue weighted by Gasteiger charge is 2.20. The van der Waals surface area contributed by atoms with Crippen molar-refractivity contribution >= 4 is 46.3 Å². The number of thiophene rings is 1. The highest BCUT2D eigenvalue weighted by atomic mass is 127. The van der Waals surface area contributed by atoms with Gasteiger partial charge in [0.1, 0.15) is 5.82 Å². The van der Waals surface area contributed by atoms with Crippen LogP contribution in [0.15, 0.2) is 46.8 Å². The Morgan fingerprint density at radius 3 is 2.75 bits per heavy atom. The number of nitrogens with zero attached hydrogens (tertiary/aromatic N) is 2. The lowest BCUT2D eigenvalue weighted by Gasteiger charge is -2.33. The molecular formula is C21H30FIN4S. The molecule has 4 nitrogen and oxygen atoms in total. The Labute approximate surface area is 188 Å². The molecule has 2 N–H and O–H groups in total. The summed E-state index contributed by atoms with van der Waals surface area (Å²) in [4.78, 5) is 7.17. The van der Waals surface area contributed by atoms with Gasteiger partial charge in [0.2, 0.25) is 0 Å². The van der Waals surface area contributed by atoms with E-state index < -0.39 is 0 Å². The van der Waals surface area contributed by atoms with Crippen LogP contribution in [0.4, 0.5) is 9.39 Å². The van der Waals surface area contributed by atoms with E-state index in [4.69, 9.17) is 4.99 Å². The molecule has 0 aliphatic carbocycles. The first kappa shape index (κ1) is 22.9. The maximum atomic E-state index is 13.2.